The van der Waals surface area contributed by atoms with Crippen molar-refractivity contribution >= 4 is 11.9 Å². The summed E-state index contributed by atoms with van der Waals surface area (Å²) in [5.74, 6) is -2.73. The van der Waals surface area contributed by atoms with Crippen molar-refractivity contribution < 1.29 is 23.5 Å². The van der Waals surface area contributed by atoms with E-state index in [0.29, 0.717) is 19.4 Å². The van der Waals surface area contributed by atoms with Crippen LogP contribution in [0.5, 0.6) is 0 Å². The van der Waals surface area contributed by atoms with Crippen LogP contribution in [0.25, 0.3) is 0 Å². The molecule has 1 aliphatic rings. The molecule has 0 radical (unpaired) electrons. The molecule has 6 heteroatoms. The number of carboxylic acids is 1. The molecule has 1 heterocycles. The average Bonchev–Trinajstić information content (AvgIpc) is 2.48. The molecule has 0 bridgehead atoms. The summed E-state index contributed by atoms with van der Waals surface area (Å²) in [6, 6.07) is 3.15. The van der Waals surface area contributed by atoms with Gasteiger partial charge in [0, 0.05) is 19.5 Å². The first-order chi connectivity index (χ1) is 9.97. The van der Waals surface area contributed by atoms with Gasteiger partial charge >= 0.3 is 5.97 Å². The Labute approximate surface area is 121 Å². The zero-order valence-corrected chi connectivity index (χ0v) is 11.5. The smallest absolute Gasteiger partial charge is 0.308 e. The Bertz CT molecular complexity index is 548. The maximum atomic E-state index is 13.5. The van der Waals surface area contributed by atoms with Gasteiger partial charge in [0.1, 0.15) is 11.6 Å². The summed E-state index contributed by atoms with van der Waals surface area (Å²) in [6.07, 6.45) is 1.37. The van der Waals surface area contributed by atoms with Crippen LogP contribution < -0.4 is 0 Å². The first-order valence-electron chi connectivity index (χ1n) is 6.92. The first-order valence-corrected chi connectivity index (χ1v) is 6.92. The van der Waals surface area contributed by atoms with Gasteiger partial charge in [-0.2, -0.15) is 0 Å². The topological polar surface area (TPSA) is 57.6 Å². The molecule has 0 aliphatic carbocycles. The highest BCUT2D eigenvalue weighted by molar-refractivity contribution is 5.78. The maximum absolute atomic E-state index is 13.5. The number of likely N-dealkylation sites (tertiary alicyclic amines) is 1. The fourth-order valence-electron chi connectivity index (χ4n) is 2.54. The van der Waals surface area contributed by atoms with E-state index in [0.717, 1.165) is 18.2 Å². The number of carbonyl (C=O) groups is 2. The summed E-state index contributed by atoms with van der Waals surface area (Å²) in [7, 11) is 0. The van der Waals surface area contributed by atoms with Gasteiger partial charge in [0.15, 0.2) is 0 Å². The molecule has 0 aromatic heterocycles. The molecular formula is C15H17F2NO3. The summed E-state index contributed by atoms with van der Waals surface area (Å²) >= 11 is 0. The van der Waals surface area contributed by atoms with Crippen LogP contribution in [0.2, 0.25) is 0 Å². The molecule has 1 aliphatic heterocycles. The molecule has 1 fully saturated rings. The number of piperidine rings is 1. The highest BCUT2D eigenvalue weighted by Crippen LogP contribution is 2.18. The van der Waals surface area contributed by atoms with Crippen LogP contribution >= 0.6 is 0 Å². The number of aliphatic carboxylic acids is 1. The lowest BCUT2D eigenvalue weighted by Crippen LogP contribution is -2.42. The van der Waals surface area contributed by atoms with Gasteiger partial charge in [0.25, 0.3) is 0 Å². The number of rotatable bonds is 4. The Morgan fingerprint density at radius 1 is 1.33 bits per heavy atom. The lowest BCUT2D eigenvalue weighted by Gasteiger charge is -2.30. The van der Waals surface area contributed by atoms with Gasteiger partial charge in [-0.1, -0.05) is 0 Å². The van der Waals surface area contributed by atoms with Crippen molar-refractivity contribution in [2.24, 2.45) is 5.92 Å². The monoisotopic (exact) mass is 297 g/mol. The zero-order chi connectivity index (χ0) is 15.4. The van der Waals surface area contributed by atoms with Crippen LogP contribution in [0.1, 0.15) is 24.8 Å². The van der Waals surface area contributed by atoms with Crippen molar-refractivity contribution in [2.75, 3.05) is 13.1 Å². The molecule has 1 saturated heterocycles. The summed E-state index contributed by atoms with van der Waals surface area (Å²) in [5.41, 5.74) is 0.162. The van der Waals surface area contributed by atoms with E-state index in [4.69, 9.17) is 5.11 Å². The second-order valence-electron chi connectivity index (χ2n) is 5.25. The first kappa shape index (κ1) is 15.4. The van der Waals surface area contributed by atoms with Gasteiger partial charge in [-0.05, 0) is 43.0 Å². The molecule has 0 spiro atoms. The Balaban J connectivity index is 1.92. The standard InChI is InChI=1S/C15H17F2NO3/c16-12-4-5-13(17)10(8-12)3-6-14(19)18-7-1-2-11(9-18)15(20)21/h4-5,8,11H,1-3,6-7,9H2,(H,20,21). The number of benzene rings is 1. The van der Waals surface area contributed by atoms with Crippen LogP contribution in [0.3, 0.4) is 0 Å². The number of carbonyl (C=O) groups excluding carboxylic acids is 1. The number of carboxylic acid groups (broad SMARTS) is 1. The third-order valence-corrected chi connectivity index (χ3v) is 3.74. The molecule has 4 nitrogen and oxygen atoms in total. The molecule has 2 rings (SSSR count). The van der Waals surface area contributed by atoms with Crippen LogP contribution in [-0.4, -0.2) is 35.0 Å². The molecule has 21 heavy (non-hydrogen) atoms. The number of hydrogen-bond acceptors (Lipinski definition) is 2. The highest BCUT2D eigenvalue weighted by Gasteiger charge is 2.27. The van der Waals surface area contributed by atoms with Crippen molar-refractivity contribution in [3.63, 3.8) is 0 Å². The lowest BCUT2D eigenvalue weighted by molar-refractivity contribution is -0.145. The maximum Gasteiger partial charge on any atom is 0.308 e. The molecule has 0 saturated carbocycles. The van der Waals surface area contributed by atoms with Gasteiger partial charge in [-0.25, -0.2) is 8.78 Å². The van der Waals surface area contributed by atoms with Crippen LogP contribution in [0.15, 0.2) is 18.2 Å². The van der Waals surface area contributed by atoms with E-state index < -0.39 is 23.5 Å². The van der Waals surface area contributed by atoms with Gasteiger partial charge in [-0.3, -0.25) is 9.59 Å². The number of hydrogen-bond donors (Lipinski definition) is 1. The number of halogens is 2. The molecule has 1 atom stereocenters. The van der Waals surface area contributed by atoms with Crippen LogP contribution in [-0.2, 0) is 16.0 Å². The Hall–Kier alpha value is -1.98. The normalized spacial score (nSPS) is 18.6. The lowest BCUT2D eigenvalue weighted by atomic mass is 9.97. The molecule has 114 valence electrons. The minimum Gasteiger partial charge on any atom is -0.481 e. The van der Waals surface area contributed by atoms with Crippen molar-refractivity contribution in [3.05, 3.63) is 35.4 Å². The van der Waals surface area contributed by atoms with Crippen LogP contribution in [0.4, 0.5) is 8.78 Å². The Morgan fingerprint density at radius 3 is 2.81 bits per heavy atom. The minimum atomic E-state index is -0.899. The largest absolute Gasteiger partial charge is 0.481 e. The number of aryl methyl sites for hydroxylation is 1. The summed E-state index contributed by atoms with van der Waals surface area (Å²) in [5, 5.41) is 8.98. The summed E-state index contributed by atoms with van der Waals surface area (Å²) in [6.45, 7) is 0.716. The second-order valence-corrected chi connectivity index (χ2v) is 5.25. The number of nitrogens with zero attached hydrogens (tertiary/aromatic N) is 1. The third kappa shape index (κ3) is 4.00. The molecule has 1 aromatic rings. The molecule has 1 N–H and O–H groups in total. The van der Waals surface area contributed by atoms with E-state index in [1.165, 1.54) is 4.90 Å². The van der Waals surface area contributed by atoms with Gasteiger partial charge in [-0.15, -0.1) is 0 Å². The molecule has 1 aromatic carbocycles. The van der Waals surface area contributed by atoms with E-state index in [2.05, 4.69) is 0 Å². The van der Waals surface area contributed by atoms with E-state index in [1.807, 2.05) is 0 Å². The SMILES string of the molecule is O=C(O)C1CCCN(C(=O)CCc2cc(F)ccc2F)C1. The van der Waals surface area contributed by atoms with Crippen LogP contribution in [0, 0.1) is 17.6 Å². The van der Waals surface area contributed by atoms with Gasteiger partial charge < -0.3 is 10.0 Å². The van der Waals surface area contributed by atoms with Crippen molar-refractivity contribution in [2.45, 2.75) is 25.7 Å². The minimum absolute atomic E-state index is 0.0483. The predicted octanol–water partition coefficient (Wildman–Crippen LogP) is 2.22. The van der Waals surface area contributed by atoms with E-state index in [9.17, 15) is 18.4 Å². The van der Waals surface area contributed by atoms with Crippen molar-refractivity contribution in [1.29, 1.82) is 0 Å². The summed E-state index contributed by atoms with van der Waals surface area (Å²) in [4.78, 5) is 24.5. The highest BCUT2D eigenvalue weighted by atomic mass is 19.1. The third-order valence-electron chi connectivity index (χ3n) is 3.74. The predicted molar refractivity (Wildman–Crippen MR) is 71.6 cm³/mol. The van der Waals surface area contributed by atoms with Gasteiger partial charge in [0.2, 0.25) is 5.91 Å². The fraction of sp³-hybridized carbons (Fsp3) is 0.467. The van der Waals surface area contributed by atoms with Crippen molar-refractivity contribution in [3.8, 4) is 0 Å². The summed E-state index contributed by atoms with van der Waals surface area (Å²) < 4.78 is 26.5. The molecule has 1 unspecified atom stereocenters. The zero-order valence-electron chi connectivity index (χ0n) is 11.5. The van der Waals surface area contributed by atoms with E-state index in [-0.39, 0.29) is 30.9 Å². The average molecular weight is 297 g/mol. The molecular weight excluding hydrogens is 280 g/mol. The van der Waals surface area contributed by atoms with Gasteiger partial charge in [0.05, 0.1) is 5.92 Å². The number of amides is 1. The Morgan fingerprint density at radius 2 is 2.10 bits per heavy atom. The second kappa shape index (κ2) is 6.65. The molecule has 1 amide bonds. The quantitative estimate of drug-likeness (QED) is 0.927. The van der Waals surface area contributed by atoms with E-state index in [1.54, 1.807) is 0 Å². The Kier molecular flexibility index (Phi) is 4.88. The fourth-order valence-corrected chi connectivity index (χ4v) is 2.54. The van der Waals surface area contributed by atoms with E-state index >= 15 is 0 Å². The van der Waals surface area contributed by atoms with Crippen molar-refractivity contribution in [1.82, 2.24) is 4.90 Å².